The first-order chi connectivity index (χ1) is 10.7. The van der Waals surface area contributed by atoms with Crippen LogP contribution >= 0.6 is 0 Å². The summed E-state index contributed by atoms with van der Waals surface area (Å²) in [5.74, 6) is -0.127. The number of amides is 1. The third-order valence-corrected chi connectivity index (χ3v) is 2.90. The maximum absolute atomic E-state index is 12.2. The van der Waals surface area contributed by atoms with Crippen LogP contribution in [0, 0.1) is 0 Å². The molecule has 0 bridgehead atoms. The van der Waals surface area contributed by atoms with Crippen LogP contribution in [0.2, 0.25) is 0 Å². The number of rotatable bonds is 5. The number of ketones is 1. The number of hydrogen-bond donors (Lipinski definition) is 1. The molecule has 1 heterocycles. The Kier molecular flexibility index (Phi) is 7.54. The van der Waals surface area contributed by atoms with E-state index in [4.69, 9.17) is 0 Å². The van der Waals surface area contributed by atoms with Gasteiger partial charge >= 0.3 is 0 Å². The monoisotopic (exact) mass is 298 g/mol. The lowest BCUT2D eigenvalue weighted by Crippen LogP contribution is -2.24. The highest BCUT2D eigenvalue weighted by atomic mass is 16.1. The Balaban J connectivity index is 0.00000116. The average Bonchev–Trinajstić information content (AvgIpc) is 2.55. The van der Waals surface area contributed by atoms with E-state index >= 15 is 0 Å². The highest BCUT2D eigenvalue weighted by Crippen LogP contribution is 2.10. The smallest absolute Gasteiger partial charge is 0.251 e. The van der Waals surface area contributed by atoms with Crippen LogP contribution in [0.4, 0.5) is 0 Å². The second kappa shape index (κ2) is 9.45. The molecule has 0 atom stereocenters. The maximum atomic E-state index is 12.2. The minimum absolute atomic E-state index is 0.0411. The molecule has 22 heavy (non-hydrogen) atoms. The van der Waals surface area contributed by atoms with E-state index in [1.807, 2.05) is 38.1 Å². The van der Waals surface area contributed by atoms with E-state index in [1.165, 1.54) is 6.92 Å². The molecule has 1 aromatic heterocycles. The fourth-order valence-electron chi connectivity index (χ4n) is 1.94. The molecule has 4 heteroatoms. The zero-order valence-electron chi connectivity index (χ0n) is 13.3. The van der Waals surface area contributed by atoms with Gasteiger partial charge in [-0.25, -0.2) is 0 Å². The van der Waals surface area contributed by atoms with E-state index in [2.05, 4.69) is 10.3 Å². The van der Waals surface area contributed by atoms with Crippen LogP contribution < -0.4 is 5.32 Å². The zero-order valence-corrected chi connectivity index (χ0v) is 13.3. The molecule has 4 nitrogen and oxygen atoms in total. The van der Waals surface area contributed by atoms with Gasteiger partial charge in [0.05, 0.1) is 0 Å². The van der Waals surface area contributed by atoms with Gasteiger partial charge in [-0.15, -0.1) is 0 Å². The number of nitrogens with zero attached hydrogens (tertiary/aromatic N) is 1. The van der Waals surface area contributed by atoms with Crippen LogP contribution in [0.1, 0.15) is 42.3 Å². The van der Waals surface area contributed by atoms with Gasteiger partial charge in [-0.2, -0.15) is 0 Å². The predicted octanol–water partition coefficient (Wildman–Crippen LogP) is 3.17. The first kappa shape index (κ1) is 17.6. The van der Waals surface area contributed by atoms with Crippen molar-refractivity contribution in [3.8, 4) is 0 Å². The van der Waals surface area contributed by atoms with Gasteiger partial charge in [-0.1, -0.05) is 32.0 Å². The van der Waals surface area contributed by atoms with E-state index in [1.54, 1.807) is 24.5 Å². The Labute approximate surface area is 131 Å². The summed E-state index contributed by atoms with van der Waals surface area (Å²) in [6.45, 7) is 5.96. The van der Waals surface area contributed by atoms with Crippen molar-refractivity contribution in [2.24, 2.45) is 0 Å². The molecule has 0 saturated heterocycles. The number of nitrogens with one attached hydrogen (secondary N) is 1. The molecule has 0 aliphatic heterocycles. The Morgan fingerprint density at radius 2 is 1.68 bits per heavy atom. The molecule has 0 saturated carbocycles. The summed E-state index contributed by atoms with van der Waals surface area (Å²) >= 11 is 0. The molecule has 0 spiro atoms. The second-order valence-corrected chi connectivity index (χ2v) is 4.57. The van der Waals surface area contributed by atoms with Crippen molar-refractivity contribution in [3.05, 3.63) is 65.5 Å². The lowest BCUT2D eigenvalue weighted by Gasteiger charge is -2.09. The van der Waals surface area contributed by atoms with Crippen LogP contribution in [0.3, 0.4) is 0 Å². The van der Waals surface area contributed by atoms with Crippen molar-refractivity contribution in [1.82, 2.24) is 10.3 Å². The minimum Gasteiger partial charge on any atom is -0.348 e. The van der Waals surface area contributed by atoms with Gasteiger partial charge in [0.1, 0.15) is 5.78 Å². The second-order valence-electron chi connectivity index (χ2n) is 4.57. The third-order valence-electron chi connectivity index (χ3n) is 2.90. The normalized spacial score (nSPS) is 9.41. The first-order valence-electron chi connectivity index (χ1n) is 7.41. The van der Waals surface area contributed by atoms with Crippen molar-refractivity contribution >= 4 is 11.7 Å². The number of carbonyl (C=O) groups is 2. The van der Waals surface area contributed by atoms with Crippen molar-refractivity contribution < 1.29 is 9.59 Å². The highest BCUT2D eigenvalue weighted by molar-refractivity contribution is 5.97. The third kappa shape index (κ3) is 5.48. The van der Waals surface area contributed by atoms with Crippen LogP contribution in [-0.2, 0) is 17.8 Å². The number of pyridine rings is 1. The summed E-state index contributed by atoms with van der Waals surface area (Å²) in [6.07, 6.45) is 3.65. The van der Waals surface area contributed by atoms with Crippen LogP contribution in [0.25, 0.3) is 0 Å². The van der Waals surface area contributed by atoms with Crippen molar-refractivity contribution in [2.75, 3.05) is 0 Å². The molecule has 116 valence electrons. The van der Waals surface area contributed by atoms with E-state index in [-0.39, 0.29) is 18.1 Å². The minimum atomic E-state index is -0.168. The number of carbonyl (C=O) groups excluding carboxylic acids is 2. The Morgan fingerprint density at radius 3 is 2.32 bits per heavy atom. The average molecular weight is 298 g/mol. The molecule has 0 aliphatic carbocycles. The zero-order chi connectivity index (χ0) is 16.4. The lowest BCUT2D eigenvalue weighted by atomic mass is 10.0. The molecule has 1 amide bonds. The highest BCUT2D eigenvalue weighted by Gasteiger charge is 2.11. The van der Waals surface area contributed by atoms with E-state index in [0.717, 1.165) is 11.1 Å². The fourth-order valence-corrected chi connectivity index (χ4v) is 1.94. The van der Waals surface area contributed by atoms with E-state index in [9.17, 15) is 9.59 Å². The molecular formula is C18H22N2O2. The van der Waals surface area contributed by atoms with E-state index in [0.29, 0.717) is 12.1 Å². The quantitative estimate of drug-likeness (QED) is 0.922. The fraction of sp³-hybridized carbons (Fsp3) is 0.278. The number of hydrogen-bond acceptors (Lipinski definition) is 3. The largest absolute Gasteiger partial charge is 0.348 e. The number of Topliss-reactive ketones (excluding diaryl/α,β-unsaturated/α-hetero) is 1. The van der Waals surface area contributed by atoms with Gasteiger partial charge in [-0.05, 0) is 36.2 Å². The summed E-state index contributed by atoms with van der Waals surface area (Å²) in [5, 5.41) is 2.85. The summed E-state index contributed by atoms with van der Waals surface area (Å²) in [4.78, 5) is 27.3. The van der Waals surface area contributed by atoms with E-state index < -0.39 is 0 Å². The summed E-state index contributed by atoms with van der Waals surface area (Å²) in [5.41, 5.74) is 2.29. The van der Waals surface area contributed by atoms with Gasteiger partial charge < -0.3 is 5.32 Å². The molecular weight excluding hydrogens is 276 g/mol. The van der Waals surface area contributed by atoms with Gasteiger partial charge in [0.25, 0.3) is 5.91 Å². The molecule has 0 unspecified atom stereocenters. The topological polar surface area (TPSA) is 59.1 Å². The Hall–Kier alpha value is -2.49. The summed E-state index contributed by atoms with van der Waals surface area (Å²) < 4.78 is 0. The molecule has 0 fully saturated rings. The molecule has 0 radical (unpaired) electrons. The Morgan fingerprint density at radius 1 is 1.05 bits per heavy atom. The molecule has 2 aromatic rings. The van der Waals surface area contributed by atoms with Crippen molar-refractivity contribution in [2.45, 2.75) is 33.7 Å². The van der Waals surface area contributed by atoms with Gasteiger partial charge in [0.15, 0.2) is 0 Å². The van der Waals surface area contributed by atoms with Gasteiger partial charge in [0.2, 0.25) is 0 Å². The lowest BCUT2D eigenvalue weighted by molar-refractivity contribution is -0.116. The Bertz CT molecular complexity index is 609. The van der Waals surface area contributed by atoms with Crippen LogP contribution in [-0.4, -0.2) is 16.7 Å². The van der Waals surface area contributed by atoms with Gasteiger partial charge in [0, 0.05) is 30.9 Å². The first-order valence-corrected chi connectivity index (χ1v) is 7.41. The molecule has 1 aromatic carbocycles. The molecule has 2 rings (SSSR count). The van der Waals surface area contributed by atoms with Crippen molar-refractivity contribution in [1.29, 1.82) is 0 Å². The number of aromatic nitrogens is 1. The standard InChI is InChI=1S/C16H16N2O2.C2H6/c1-12(19)10-14-4-2-3-5-15(14)16(20)18-11-13-6-8-17-9-7-13;1-2/h2-9H,10-11H2,1H3,(H,18,20);1-2H3. The summed E-state index contributed by atoms with van der Waals surface area (Å²) in [7, 11) is 0. The molecule has 0 aliphatic rings. The maximum Gasteiger partial charge on any atom is 0.251 e. The molecule has 1 N–H and O–H groups in total. The summed E-state index contributed by atoms with van der Waals surface area (Å²) in [6, 6.07) is 10.9. The van der Waals surface area contributed by atoms with Crippen molar-refractivity contribution in [3.63, 3.8) is 0 Å². The van der Waals surface area contributed by atoms with Crippen LogP contribution in [0.5, 0.6) is 0 Å². The van der Waals surface area contributed by atoms with Crippen LogP contribution in [0.15, 0.2) is 48.8 Å². The SMILES string of the molecule is CC.CC(=O)Cc1ccccc1C(=O)NCc1ccncc1. The van der Waals surface area contributed by atoms with Gasteiger partial charge in [-0.3, -0.25) is 14.6 Å². The number of benzene rings is 1. The predicted molar refractivity (Wildman–Crippen MR) is 87.6 cm³/mol.